The van der Waals surface area contributed by atoms with Crippen molar-refractivity contribution in [2.75, 3.05) is 0 Å². The van der Waals surface area contributed by atoms with Crippen molar-refractivity contribution in [2.24, 2.45) is 0 Å². The van der Waals surface area contributed by atoms with Gasteiger partial charge in [0.05, 0.1) is 5.25 Å². The number of rotatable bonds is 7. The molecule has 3 rings (SSSR count). The highest BCUT2D eigenvalue weighted by atomic mass is 32.2. The standard InChI is InChI=1S/C19H20N4OS/c1-15(25-14-16-6-3-2-4-7-16)19(24)21-13-17-8-10-20-18(12-17)23-11-5-9-22-23/h2-12,15H,13-14H2,1H3,(H,21,24)/t15-/m1/s1. The highest BCUT2D eigenvalue weighted by Crippen LogP contribution is 2.17. The molecule has 0 fully saturated rings. The van der Waals surface area contributed by atoms with Crippen molar-refractivity contribution in [2.45, 2.75) is 24.5 Å². The summed E-state index contributed by atoms with van der Waals surface area (Å²) in [5.41, 5.74) is 2.22. The minimum atomic E-state index is -0.104. The van der Waals surface area contributed by atoms with Gasteiger partial charge >= 0.3 is 0 Å². The van der Waals surface area contributed by atoms with Crippen LogP contribution in [0.15, 0.2) is 67.1 Å². The third-order valence-corrected chi connectivity index (χ3v) is 4.94. The van der Waals surface area contributed by atoms with Crippen LogP contribution in [0.1, 0.15) is 18.1 Å². The summed E-state index contributed by atoms with van der Waals surface area (Å²) >= 11 is 1.64. The number of hydrogen-bond acceptors (Lipinski definition) is 4. The number of nitrogens with one attached hydrogen (secondary N) is 1. The summed E-state index contributed by atoms with van der Waals surface area (Å²) in [7, 11) is 0. The quantitative estimate of drug-likeness (QED) is 0.709. The monoisotopic (exact) mass is 352 g/mol. The molecule has 1 amide bonds. The third-order valence-electron chi connectivity index (χ3n) is 3.73. The Hall–Kier alpha value is -2.60. The number of pyridine rings is 1. The van der Waals surface area contributed by atoms with Gasteiger partial charge in [0.25, 0.3) is 0 Å². The van der Waals surface area contributed by atoms with Gasteiger partial charge in [-0.15, -0.1) is 11.8 Å². The maximum absolute atomic E-state index is 12.3. The van der Waals surface area contributed by atoms with Gasteiger partial charge in [0.1, 0.15) is 0 Å². The van der Waals surface area contributed by atoms with Gasteiger partial charge in [0.15, 0.2) is 5.82 Å². The smallest absolute Gasteiger partial charge is 0.233 e. The molecule has 0 bridgehead atoms. The number of nitrogens with zero attached hydrogens (tertiary/aromatic N) is 3. The first-order valence-corrected chi connectivity index (χ1v) is 9.15. The Morgan fingerprint density at radius 3 is 2.76 bits per heavy atom. The van der Waals surface area contributed by atoms with E-state index in [1.54, 1.807) is 28.8 Å². The minimum Gasteiger partial charge on any atom is -0.351 e. The third kappa shape index (κ3) is 4.93. The number of thioether (sulfide) groups is 1. The average molecular weight is 352 g/mol. The maximum atomic E-state index is 12.3. The van der Waals surface area contributed by atoms with Crippen LogP contribution in [-0.2, 0) is 17.1 Å². The molecule has 2 aromatic heterocycles. The van der Waals surface area contributed by atoms with Gasteiger partial charge in [0.2, 0.25) is 5.91 Å². The summed E-state index contributed by atoms with van der Waals surface area (Å²) < 4.78 is 1.70. The normalized spacial score (nSPS) is 11.9. The number of carbonyl (C=O) groups is 1. The Morgan fingerprint density at radius 1 is 1.16 bits per heavy atom. The van der Waals surface area contributed by atoms with Crippen molar-refractivity contribution in [1.82, 2.24) is 20.1 Å². The molecule has 0 unspecified atom stereocenters. The first-order valence-electron chi connectivity index (χ1n) is 8.10. The van der Waals surface area contributed by atoms with Crippen LogP contribution >= 0.6 is 11.8 Å². The van der Waals surface area contributed by atoms with Crippen molar-refractivity contribution in [3.8, 4) is 5.82 Å². The molecule has 1 aromatic carbocycles. The second-order valence-corrected chi connectivity index (χ2v) is 6.96. The van der Waals surface area contributed by atoms with Crippen LogP contribution in [0.3, 0.4) is 0 Å². The van der Waals surface area contributed by atoms with Crippen LogP contribution in [0.25, 0.3) is 5.82 Å². The molecule has 128 valence electrons. The second kappa shape index (κ2) is 8.48. The van der Waals surface area contributed by atoms with Gasteiger partial charge in [-0.2, -0.15) is 5.10 Å². The molecule has 3 aromatic rings. The fraction of sp³-hybridized carbons (Fsp3) is 0.211. The molecule has 0 aliphatic heterocycles. The number of amides is 1. The lowest BCUT2D eigenvalue weighted by Gasteiger charge is -2.12. The Morgan fingerprint density at radius 2 is 2.00 bits per heavy atom. The first-order chi connectivity index (χ1) is 12.2. The highest BCUT2D eigenvalue weighted by Gasteiger charge is 2.13. The molecule has 25 heavy (non-hydrogen) atoms. The van der Waals surface area contributed by atoms with Crippen molar-refractivity contribution in [3.63, 3.8) is 0 Å². The minimum absolute atomic E-state index is 0.0402. The van der Waals surface area contributed by atoms with Crippen LogP contribution in [-0.4, -0.2) is 25.9 Å². The van der Waals surface area contributed by atoms with Crippen molar-refractivity contribution in [3.05, 3.63) is 78.2 Å². The highest BCUT2D eigenvalue weighted by molar-refractivity contribution is 7.99. The van der Waals surface area contributed by atoms with E-state index in [2.05, 4.69) is 27.5 Å². The van der Waals surface area contributed by atoms with E-state index < -0.39 is 0 Å². The lowest BCUT2D eigenvalue weighted by atomic mass is 10.2. The van der Waals surface area contributed by atoms with Crippen LogP contribution < -0.4 is 5.32 Å². The Kier molecular flexibility index (Phi) is 5.85. The zero-order valence-corrected chi connectivity index (χ0v) is 14.8. The predicted octanol–water partition coefficient (Wildman–Crippen LogP) is 3.21. The Labute approximate surface area is 151 Å². The zero-order chi connectivity index (χ0) is 17.5. The van der Waals surface area contributed by atoms with Gasteiger partial charge < -0.3 is 5.32 Å². The van der Waals surface area contributed by atoms with Crippen LogP contribution in [0, 0.1) is 0 Å². The number of hydrogen-bond donors (Lipinski definition) is 1. The molecule has 6 heteroatoms. The summed E-state index contributed by atoms with van der Waals surface area (Å²) in [4.78, 5) is 16.6. The SMILES string of the molecule is C[C@@H](SCc1ccccc1)C(=O)NCc1ccnc(-n2cccn2)c1. The van der Waals surface area contributed by atoms with E-state index in [-0.39, 0.29) is 11.2 Å². The van der Waals surface area contributed by atoms with Gasteiger partial charge in [-0.3, -0.25) is 4.79 Å². The van der Waals surface area contributed by atoms with Gasteiger partial charge in [0, 0.05) is 30.9 Å². The molecule has 2 heterocycles. The van der Waals surface area contributed by atoms with E-state index in [9.17, 15) is 4.79 Å². The van der Waals surface area contributed by atoms with Crippen molar-refractivity contribution in [1.29, 1.82) is 0 Å². The summed E-state index contributed by atoms with van der Waals surface area (Å²) in [6, 6.07) is 15.8. The van der Waals surface area contributed by atoms with E-state index in [4.69, 9.17) is 0 Å². The van der Waals surface area contributed by atoms with Crippen LogP contribution in [0.2, 0.25) is 0 Å². The maximum Gasteiger partial charge on any atom is 0.233 e. The lowest BCUT2D eigenvalue weighted by Crippen LogP contribution is -2.30. The van der Waals surface area contributed by atoms with Crippen LogP contribution in [0.4, 0.5) is 0 Å². The Bertz CT molecular complexity index is 805. The molecule has 0 aliphatic carbocycles. The molecular formula is C19H20N4OS. The molecular weight excluding hydrogens is 332 g/mol. The van der Waals surface area contributed by atoms with Crippen molar-refractivity contribution >= 4 is 17.7 Å². The van der Waals surface area contributed by atoms with E-state index in [0.717, 1.165) is 17.1 Å². The predicted molar refractivity (Wildman–Crippen MR) is 100 cm³/mol. The van der Waals surface area contributed by atoms with E-state index in [1.807, 2.05) is 49.5 Å². The largest absolute Gasteiger partial charge is 0.351 e. The van der Waals surface area contributed by atoms with Crippen LogP contribution in [0.5, 0.6) is 0 Å². The second-order valence-electron chi connectivity index (χ2n) is 5.63. The van der Waals surface area contributed by atoms with Gasteiger partial charge in [-0.25, -0.2) is 9.67 Å². The molecule has 1 atom stereocenters. The number of aromatic nitrogens is 3. The number of carbonyl (C=O) groups excluding carboxylic acids is 1. The van der Waals surface area contributed by atoms with E-state index in [1.165, 1.54) is 5.56 Å². The molecule has 0 saturated carbocycles. The first kappa shape index (κ1) is 17.2. The molecule has 0 spiro atoms. The average Bonchev–Trinajstić information content (AvgIpc) is 3.20. The molecule has 5 nitrogen and oxygen atoms in total. The summed E-state index contributed by atoms with van der Waals surface area (Å²) in [5, 5.41) is 7.05. The molecule has 0 saturated heterocycles. The van der Waals surface area contributed by atoms with Crippen molar-refractivity contribution < 1.29 is 4.79 Å². The molecule has 0 radical (unpaired) electrons. The number of benzene rings is 1. The zero-order valence-electron chi connectivity index (χ0n) is 14.0. The fourth-order valence-electron chi connectivity index (χ4n) is 2.30. The fourth-order valence-corrected chi connectivity index (χ4v) is 3.17. The van der Waals surface area contributed by atoms with E-state index in [0.29, 0.717) is 6.54 Å². The lowest BCUT2D eigenvalue weighted by molar-refractivity contribution is -0.120. The van der Waals surface area contributed by atoms with E-state index >= 15 is 0 Å². The van der Waals surface area contributed by atoms with Gasteiger partial charge in [-0.1, -0.05) is 30.3 Å². The summed E-state index contributed by atoms with van der Waals surface area (Å²) in [6.07, 6.45) is 5.28. The molecule has 1 N–H and O–H groups in total. The summed E-state index contributed by atoms with van der Waals surface area (Å²) in [6.45, 7) is 2.41. The molecule has 0 aliphatic rings. The summed E-state index contributed by atoms with van der Waals surface area (Å²) in [5.74, 6) is 1.61. The topological polar surface area (TPSA) is 59.8 Å². The van der Waals surface area contributed by atoms with Gasteiger partial charge in [-0.05, 0) is 36.2 Å². The Balaban J connectivity index is 1.51.